The molecular formula is C27H26N4O2S. The lowest BCUT2D eigenvalue weighted by Gasteiger charge is -2.23. The summed E-state index contributed by atoms with van der Waals surface area (Å²) in [6.45, 7) is 0. The molecule has 0 atom stereocenters. The standard InChI is InChI=1S/C27H26N4O2S/c1-33-20-14-12-18(13-15-20)23-22-24(30-29-23)26(32)31(25(22)19-10-6-3-7-11-19)27-28-21(16-34-27)17-8-4-2-5-9-17/h2,4-5,8-9,12-16,19,30,32H,3,6-7,10-11H2,1H3. The molecule has 1 saturated carbocycles. The van der Waals surface area contributed by atoms with Crippen LogP contribution in [0.3, 0.4) is 0 Å². The highest BCUT2D eigenvalue weighted by Gasteiger charge is 2.31. The second-order valence-electron chi connectivity index (χ2n) is 8.81. The molecule has 0 spiro atoms. The highest BCUT2D eigenvalue weighted by atomic mass is 32.1. The van der Waals surface area contributed by atoms with Crippen LogP contribution in [-0.4, -0.2) is 32.0 Å². The molecule has 0 bridgehead atoms. The summed E-state index contributed by atoms with van der Waals surface area (Å²) in [6.07, 6.45) is 5.85. The lowest BCUT2D eigenvalue weighted by molar-refractivity contribution is 0.413. The number of aromatic nitrogens is 4. The fourth-order valence-electron chi connectivity index (χ4n) is 5.11. The van der Waals surface area contributed by atoms with Crippen molar-refractivity contribution >= 4 is 22.2 Å². The number of aromatic hydroxyl groups is 1. The van der Waals surface area contributed by atoms with Gasteiger partial charge in [-0.3, -0.25) is 9.67 Å². The second kappa shape index (κ2) is 8.65. The Labute approximate surface area is 201 Å². The molecule has 0 amide bonds. The predicted molar refractivity (Wildman–Crippen MR) is 136 cm³/mol. The van der Waals surface area contributed by atoms with Crippen LogP contribution >= 0.6 is 11.3 Å². The number of ether oxygens (including phenoxy) is 1. The van der Waals surface area contributed by atoms with E-state index < -0.39 is 0 Å². The van der Waals surface area contributed by atoms with Crippen molar-refractivity contribution in [3.63, 3.8) is 0 Å². The van der Waals surface area contributed by atoms with E-state index in [1.165, 1.54) is 19.3 Å². The number of rotatable bonds is 5. The third-order valence-electron chi connectivity index (χ3n) is 6.81. The number of hydrogen-bond acceptors (Lipinski definition) is 5. The van der Waals surface area contributed by atoms with E-state index in [1.807, 2.05) is 47.0 Å². The molecule has 1 aliphatic carbocycles. The van der Waals surface area contributed by atoms with E-state index in [0.717, 1.165) is 57.3 Å². The van der Waals surface area contributed by atoms with E-state index in [4.69, 9.17) is 9.72 Å². The maximum absolute atomic E-state index is 11.4. The van der Waals surface area contributed by atoms with Gasteiger partial charge in [0.2, 0.25) is 5.88 Å². The third kappa shape index (κ3) is 3.47. The summed E-state index contributed by atoms with van der Waals surface area (Å²) >= 11 is 1.56. The highest BCUT2D eigenvalue weighted by Crippen LogP contribution is 2.46. The van der Waals surface area contributed by atoms with Crippen molar-refractivity contribution in [2.75, 3.05) is 7.11 Å². The van der Waals surface area contributed by atoms with Gasteiger partial charge >= 0.3 is 0 Å². The molecule has 172 valence electrons. The molecule has 2 N–H and O–H groups in total. The number of hydrogen-bond donors (Lipinski definition) is 2. The van der Waals surface area contributed by atoms with Crippen LogP contribution in [-0.2, 0) is 0 Å². The lowest BCUT2D eigenvalue weighted by Crippen LogP contribution is -2.10. The van der Waals surface area contributed by atoms with Gasteiger partial charge in [0.05, 0.1) is 18.2 Å². The smallest absolute Gasteiger partial charge is 0.224 e. The Balaban J connectivity index is 1.55. The molecule has 3 heterocycles. The largest absolute Gasteiger partial charge is 0.497 e. The zero-order chi connectivity index (χ0) is 23.1. The molecule has 0 radical (unpaired) electrons. The van der Waals surface area contributed by atoms with Crippen molar-refractivity contribution < 1.29 is 9.84 Å². The van der Waals surface area contributed by atoms with Crippen LogP contribution in [0.1, 0.15) is 43.7 Å². The van der Waals surface area contributed by atoms with Crippen molar-refractivity contribution in [3.8, 4) is 39.3 Å². The maximum Gasteiger partial charge on any atom is 0.224 e. The zero-order valence-corrected chi connectivity index (χ0v) is 19.8. The zero-order valence-electron chi connectivity index (χ0n) is 19.0. The van der Waals surface area contributed by atoms with Gasteiger partial charge in [0.1, 0.15) is 17.0 Å². The van der Waals surface area contributed by atoms with E-state index in [2.05, 4.69) is 27.7 Å². The van der Waals surface area contributed by atoms with E-state index in [9.17, 15) is 5.11 Å². The van der Waals surface area contributed by atoms with Crippen molar-refractivity contribution in [1.82, 2.24) is 19.7 Å². The molecule has 6 nitrogen and oxygen atoms in total. The quantitative estimate of drug-likeness (QED) is 0.293. The van der Waals surface area contributed by atoms with Crippen LogP contribution in [0.4, 0.5) is 0 Å². The van der Waals surface area contributed by atoms with Crippen LogP contribution in [0.25, 0.3) is 38.5 Å². The molecule has 0 unspecified atom stereocenters. The predicted octanol–water partition coefficient (Wildman–Crippen LogP) is 6.91. The molecule has 0 aliphatic heterocycles. The molecule has 34 heavy (non-hydrogen) atoms. The van der Waals surface area contributed by atoms with Crippen LogP contribution in [0.15, 0.2) is 60.0 Å². The molecule has 2 aromatic carbocycles. The monoisotopic (exact) mass is 470 g/mol. The molecule has 6 rings (SSSR count). The van der Waals surface area contributed by atoms with Crippen molar-refractivity contribution in [1.29, 1.82) is 0 Å². The van der Waals surface area contributed by atoms with Gasteiger partial charge in [-0.25, -0.2) is 4.98 Å². The molecule has 7 heteroatoms. The number of thiazole rings is 1. The molecular weight excluding hydrogens is 444 g/mol. The van der Waals surface area contributed by atoms with Gasteiger partial charge in [0.25, 0.3) is 0 Å². The fourth-order valence-corrected chi connectivity index (χ4v) is 5.96. The first-order chi connectivity index (χ1) is 16.7. The number of benzene rings is 2. The normalized spacial score (nSPS) is 14.6. The van der Waals surface area contributed by atoms with Crippen LogP contribution in [0.2, 0.25) is 0 Å². The van der Waals surface area contributed by atoms with E-state index in [1.54, 1.807) is 18.4 Å². The Morgan fingerprint density at radius 3 is 2.50 bits per heavy atom. The van der Waals surface area contributed by atoms with E-state index in [-0.39, 0.29) is 5.88 Å². The van der Waals surface area contributed by atoms with Gasteiger partial charge in [0.15, 0.2) is 5.13 Å². The third-order valence-corrected chi connectivity index (χ3v) is 7.63. The average Bonchev–Trinajstić information content (AvgIpc) is 3.61. The molecule has 3 aromatic heterocycles. The topological polar surface area (TPSA) is 76.0 Å². The maximum atomic E-state index is 11.4. The number of nitrogens with one attached hydrogen (secondary N) is 1. The lowest BCUT2D eigenvalue weighted by atomic mass is 9.85. The minimum absolute atomic E-state index is 0.178. The van der Waals surface area contributed by atoms with Crippen molar-refractivity contribution in [2.45, 2.75) is 38.0 Å². The Kier molecular flexibility index (Phi) is 5.34. The van der Waals surface area contributed by atoms with Crippen LogP contribution in [0.5, 0.6) is 11.6 Å². The summed E-state index contributed by atoms with van der Waals surface area (Å²) in [7, 11) is 1.67. The summed E-state index contributed by atoms with van der Waals surface area (Å²) < 4.78 is 7.29. The molecule has 1 fully saturated rings. The summed E-state index contributed by atoms with van der Waals surface area (Å²) in [6, 6.07) is 18.1. The van der Waals surface area contributed by atoms with Crippen LogP contribution in [0, 0.1) is 0 Å². The molecule has 0 saturated heterocycles. The minimum atomic E-state index is 0.178. The Morgan fingerprint density at radius 1 is 1.00 bits per heavy atom. The molecule has 5 aromatic rings. The first kappa shape index (κ1) is 21.0. The number of fused-ring (bicyclic) bond motifs is 1. The minimum Gasteiger partial charge on any atom is -0.497 e. The number of nitrogens with zero attached hydrogens (tertiary/aromatic N) is 3. The van der Waals surface area contributed by atoms with E-state index in [0.29, 0.717) is 11.4 Å². The van der Waals surface area contributed by atoms with Gasteiger partial charge in [-0.05, 0) is 37.1 Å². The summed E-state index contributed by atoms with van der Waals surface area (Å²) in [5, 5.41) is 23.0. The summed E-state index contributed by atoms with van der Waals surface area (Å²) in [5.41, 5.74) is 5.61. The Bertz CT molecular complexity index is 1430. The second-order valence-corrected chi connectivity index (χ2v) is 9.65. The number of aromatic amines is 1. The number of H-pyrrole nitrogens is 1. The van der Waals surface area contributed by atoms with Crippen LogP contribution < -0.4 is 4.74 Å². The van der Waals surface area contributed by atoms with Gasteiger partial charge in [-0.2, -0.15) is 5.10 Å². The highest BCUT2D eigenvalue weighted by molar-refractivity contribution is 7.12. The van der Waals surface area contributed by atoms with Crippen molar-refractivity contribution in [2.24, 2.45) is 0 Å². The van der Waals surface area contributed by atoms with Gasteiger partial charge in [-0.15, -0.1) is 11.3 Å². The van der Waals surface area contributed by atoms with Gasteiger partial charge in [0, 0.05) is 28.1 Å². The first-order valence-corrected chi connectivity index (χ1v) is 12.6. The van der Waals surface area contributed by atoms with Gasteiger partial charge in [-0.1, -0.05) is 49.6 Å². The van der Waals surface area contributed by atoms with Crippen molar-refractivity contribution in [3.05, 3.63) is 65.7 Å². The average molecular weight is 471 g/mol. The fraction of sp³-hybridized carbons (Fsp3) is 0.259. The first-order valence-electron chi connectivity index (χ1n) is 11.7. The Morgan fingerprint density at radius 2 is 1.76 bits per heavy atom. The molecule has 1 aliphatic rings. The number of methoxy groups -OCH3 is 1. The van der Waals surface area contributed by atoms with E-state index >= 15 is 0 Å². The Hall–Kier alpha value is -3.58. The van der Waals surface area contributed by atoms with Gasteiger partial charge < -0.3 is 9.84 Å². The summed E-state index contributed by atoms with van der Waals surface area (Å²) in [4.78, 5) is 4.94. The SMILES string of the molecule is COc1ccc(-c2n[nH]c3c(O)n(-c4nc(-c5ccccc5)cs4)c(C4CCCCC4)c23)cc1. The summed E-state index contributed by atoms with van der Waals surface area (Å²) in [5.74, 6) is 1.33.